The zero-order valence-electron chi connectivity index (χ0n) is 13.7. The Labute approximate surface area is 144 Å². The second-order valence-corrected chi connectivity index (χ2v) is 5.67. The molecule has 0 bridgehead atoms. The summed E-state index contributed by atoms with van der Waals surface area (Å²) in [5.74, 6) is 0.0111. The number of aromatic amines is 1. The van der Waals surface area contributed by atoms with Gasteiger partial charge in [-0.3, -0.25) is 4.79 Å². The van der Waals surface area contributed by atoms with Gasteiger partial charge < -0.3 is 19.6 Å². The van der Waals surface area contributed by atoms with Crippen molar-refractivity contribution in [1.82, 2.24) is 4.98 Å². The number of ether oxygens (including phenoxy) is 2. The number of aromatic nitrogens is 1. The number of halogens is 1. The van der Waals surface area contributed by atoms with Gasteiger partial charge in [0.15, 0.2) is 5.78 Å². The van der Waals surface area contributed by atoms with Gasteiger partial charge in [0.05, 0.1) is 5.56 Å². The largest absolute Gasteiger partial charge is 0.490 e. The zero-order chi connectivity index (χ0) is 17.8. The highest BCUT2D eigenvalue weighted by Gasteiger charge is 2.13. The number of carbonyl (C=O) groups is 1. The minimum atomic E-state index is -0.933. The van der Waals surface area contributed by atoms with Crippen LogP contribution in [0.25, 0.3) is 10.9 Å². The van der Waals surface area contributed by atoms with Crippen LogP contribution >= 0.6 is 0 Å². The first-order valence-corrected chi connectivity index (χ1v) is 7.85. The average Bonchev–Trinajstić information content (AvgIpc) is 3.07. The Hall–Kier alpha value is -2.86. The third-order valence-electron chi connectivity index (χ3n) is 3.74. The predicted octanol–water partition coefficient (Wildman–Crippen LogP) is 3.33. The molecule has 0 saturated heterocycles. The number of hydrogen-bond donors (Lipinski definition) is 2. The standard InChI is InChI=1S/C19H18FNO4/c1-12(22)15-6-5-13(20)9-19(15)25-11-14(23)10-24-18-4-2-3-17-16(18)7-8-21-17/h2-9,14,21,23H,10-11H2,1H3. The van der Waals surface area contributed by atoms with Crippen LogP contribution in [0.4, 0.5) is 4.39 Å². The quantitative estimate of drug-likeness (QED) is 0.646. The van der Waals surface area contributed by atoms with E-state index >= 15 is 0 Å². The number of aliphatic hydroxyl groups is 1. The number of hydrogen-bond acceptors (Lipinski definition) is 4. The molecular formula is C19H18FNO4. The van der Waals surface area contributed by atoms with Crippen molar-refractivity contribution in [3.8, 4) is 11.5 Å². The van der Waals surface area contributed by atoms with Crippen LogP contribution < -0.4 is 9.47 Å². The molecule has 0 amide bonds. The van der Waals surface area contributed by atoms with Crippen LogP contribution in [0.1, 0.15) is 17.3 Å². The first kappa shape index (κ1) is 17.0. The van der Waals surface area contributed by atoms with Crippen LogP contribution in [0.2, 0.25) is 0 Å². The SMILES string of the molecule is CC(=O)c1ccc(F)cc1OCC(O)COc1cccc2[nH]ccc12. The molecule has 0 radical (unpaired) electrons. The highest BCUT2D eigenvalue weighted by atomic mass is 19.1. The molecule has 0 aliphatic carbocycles. The number of Topliss-reactive ketones (excluding diaryl/α,β-unsaturated/α-hetero) is 1. The van der Waals surface area contributed by atoms with E-state index in [1.54, 1.807) is 0 Å². The van der Waals surface area contributed by atoms with Gasteiger partial charge in [0.2, 0.25) is 0 Å². The van der Waals surface area contributed by atoms with Crippen molar-refractivity contribution in [2.24, 2.45) is 0 Å². The molecule has 3 aromatic rings. The number of rotatable bonds is 7. The first-order valence-electron chi connectivity index (χ1n) is 7.85. The van der Waals surface area contributed by atoms with E-state index in [0.29, 0.717) is 5.75 Å². The molecule has 130 valence electrons. The lowest BCUT2D eigenvalue weighted by molar-refractivity contribution is 0.0624. The van der Waals surface area contributed by atoms with Gasteiger partial charge in [-0.25, -0.2) is 4.39 Å². The van der Waals surface area contributed by atoms with Gasteiger partial charge in [0, 0.05) is 23.2 Å². The maximum absolute atomic E-state index is 13.3. The Morgan fingerprint density at radius 1 is 1.16 bits per heavy atom. The molecule has 1 atom stereocenters. The lowest BCUT2D eigenvalue weighted by atomic mass is 10.1. The number of nitrogens with one attached hydrogen (secondary N) is 1. The van der Waals surface area contributed by atoms with Crippen LogP contribution in [0.5, 0.6) is 11.5 Å². The van der Waals surface area contributed by atoms with Gasteiger partial charge >= 0.3 is 0 Å². The topological polar surface area (TPSA) is 71.6 Å². The van der Waals surface area contributed by atoms with Crippen molar-refractivity contribution in [1.29, 1.82) is 0 Å². The molecule has 6 heteroatoms. The van der Waals surface area contributed by atoms with Gasteiger partial charge in [-0.1, -0.05) is 6.07 Å². The molecule has 1 unspecified atom stereocenters. The number of carbonyl (C=O) groups excluding carboxylic acids is 1. The third kappa shape index (κ3) is 3.97. The van der Waals surface area contributed by atoms with Gasteiger partial charge in [0.1, 0.15) is 36.6 Å². The Balaban J connectivity index is 1.60. The molecule has 5 nitrogen and oxygen atoms in total. The van der Waals surface area contributed by atoms with Gasteiger partial charge in [0.25, 0.3) is 0 Å². The van der Waals surface area contributed by atoms with Crippen LogP contribution in [0.15, 0.2) is 48.7 Å². The monoisotopic (exact) mass is 343 g/mol. The summed E-state index contributed by atoms with van der Waals surface area (Å²) in [7, 11) is 0. The van der Waals surface area contributed by atoms with E-state index in [0.717, 1.165) is 17.0 Å². The summed E-state index contributed by atoms with van der Waals surface area (Å²) >= 11 is 0. The van der Waals surface area contributed by atoms with E-state index in [1.165, 1.54) is 19.1 Å². The summed E-state index contributed by atoms with van der Waals surface area (Å²) in [4.78, 5) is 14.6. The van der Waals surface area contributed by atoms with Crippen LogP contribution in [-0.2, 0) is 0 Å². The molecule has 2 aromatic carbocycles. The molecule has 3 rings (SSSR count). The van der Waals surface area contributed by atoms with Crippen LogP contribution in [0.3, 0.4) is 0 Å². The van der Waals surface area contributed by atoms with E-state index in [9.17, 15) is 14.3 Å². The Morgan fingerprint density at radius 2 is 1.92 bits per heavy atom. The Kier molecular flexibility index (Phi) is 5.00. The van der Waals surface area contributed by atoms with Crippen molar-refractivity contribution in [3.63, 3.8) is 0 Å². The van der Waals surface area contributed by atoms with Crippen molar-refractivity contribution >= 4 is 16.7 Å². The summed E-state index contributed by atoms with van der Waals surface area (Å²) < 4.78 is 24.4. The first-order chi connectivity index (χ1) is 12.0. The maximum atomic E-state index is 13.3. The van der Waals surface area contributed by atoms with Crippen molar-refractivity contribution in [3.05, 3.63) is 60.0 Å². The third-order valence-corrected chi connectivity index (χ3v) is 3.74. The fourth-order valence-electron chi connectivity index (χ4n) is 2.51. The van der Waals surface area contributed by atoms with E-state index in [4.69, 9.17) is 9.47 Å². The molecule has 0 aliphatic rings. The molecule has 0 aliphatic heterocycles. The summed E-state index contributed by atoms with van der Waals surface area (Å²) in [6, 6.07) is 11.2. The highest BCUT2D eigenvalue weighted by Crippen LogP contribution is 2.25. The summed E-state index contributed by atoms with van der Waals surface area (Å²) in [5.41, 5.74) is 1.21. The minimum absolute atomic E-state index is 0.00894. The molecule has 0 saturated carbocycles. The predicted molar refractivity (Wildman–Crippen MR) is 91.7 cm³/mol. The zero-order valence-corrected chi connectivity index (χ0v) is 13.7. The van der Waals surface area contributed by atoms with Crippen LogP contribution in [0, 0.1) is 5.82 Å². The summed E-state index contributed by atoms with van der Waals surface area (Å²) in [6.45, 7) is 1.26. The van der Waals surface area contributed by atoms with Crippen LogP contribution in [-0.4, -0.2) is 35.2 Å². The van der Waals surface area contributed by atoms with Gasteiger partial charge in [-0.2, -0.15) is 0 Å². The van der Waals surface area contributed by atoms with E-state index in [2.05, 4.69) is 4.98 Å². The van der Waals surface area contributed by atoms with Gasteiger partial charge in [-0.05, 0) is 37.3 Å². The molecule has 0 spiro atoms. The molecule has 1 heterocycles. The molecule has 2 N–H and O–H groups in total. The fourth-order valence-corrected chi connectivity index (χ4v) is 2.51. The second-order valence-electron chi connectivity index (χ2n) is 5.67. The Bertz CT molecular complexity index is 890. The van der Waals surface area contributed by atoms with Crippen molar-refractivity contribution in [2.75, 3.05) is 13.2 Å². The minimum Gasteiger partial charge on any atom is -0.490 e. The lowest BCUT2D eigenvalue weighted by Crippen LogP contribution is -2.25. The maximum Gasteiger partial charge on any atom is 0.163 e. The summed E-state index contributed by atoms with van der Waals surface area (Å²) in [5, 5.41) is 11.0. The van der Waals surface area contributed by atoms with Crippen molar-refractivity contribution < 1.29 is 23.8 Å². The number of ketones is 1. The van der Waals surface area contributed by atoms with E-state index in [1.807, 2.05) is 30.5 Å². The molecular weight excluding hydrogens is 325 g/mol. The highest BCUT2D eigenvalue weighted by molar-refractivity contribution is 5.96. The van der Waals surface area contributed by atoms with Crippen molar-refractivity contribution in [2.45, 2.75) is 13.0 Å². The van der Waals surface area contributed by atoms with Gasteiger partial charge in [-0.15, -0.1) is 0 Å². The number of aliphatic hydroxyl groups excluding tert-OH is 1. The smallest absolute Gasteiger partial charge is 0.163 e. The molecule has 25 heavy (non-hydrogen) atoms. The fraction of sp³-hybridized carbons (Fsp3) is 0.211. The number of benzene rings is 2. The molecule has 1 aromatic heterocycles. The molecule has 0 fully saturated rings. The lowest BCUT2D eigenvalue weighted by Gasteiger charge is -2.15. The van der Waals surface area contributed by atoms with E-state index < -0.39 is 11.9 Å². The van der Waals surface area contributed by atoms with E-state index in [-0.39, 0.29) is 30.3 Å². The average molecular weight is 343 g/mol. The Morgan fingerprint density at radius 3 is 2.68 bits per heavy atom. The second kappa shape index (κ2) is 7.36. The number of fused-ring (bicyclic) bond motifs is 1. The summed E-state index contributed by atoms with van der Waals surface area (Å²) in [6.07, 6.45) is 0.877. The number of H-pyrrole nitrogens is 1. The normalized spacial score (nSPS) is 12.1.